The Balaban J connectivity index is 1.77. The van der Waals surface area contributed by atoms with Crippen LogP contribution in [0.1, 0.15) is 22.3 Å². The van der Waals surface area contributed by atoms with Gasteiger partial charge < -0.3 is 9.32 Å². The molecule has 0 saturated heterocycles. The lowest BCUT2D eigenvalue weighted by Gasteiger charge is -2.15. The molecular weight excluding hydrogens is 328 g/mol. The number of amides is 1. The summed E-state index contributed by atoms with van der Waals surface area (Å²) in [6.07, 6.45) is 0.310. The van der Waals surface area contributed by atoms with Gasteiger partial charge in [-0.05, 0) is 43.3 Å². The monoisotopic (exact) mass is 346 g/mol. The summed E-state index contributed by atoms with van der Waals surface area (Å²) in [7, 11) is 1.68. The Kier molecular flexibility index (Phi) is 5.09. The molecule has 3 rings (SSSR count). The number of hydrogen-bond acceptors (Lipinski definition) is 5. The second kappa shape index (κ2) is 7.62. The highest BCUT2D eigenvalue weighted by molar-refractivity contribution is 5.94. The van der Waals surface area contributed by atoms with Crippen LogP contribution in [0, 0.1) is 18.3 Å². The topological polar surface area (TPSA) is 83.0 Å². The van der Waals surface area contributed by atoms with Crippen molar-refractivity contribution in [3.05, 3.63) is 59.7 Å². The Hall–Kier alpha value is -3.46. The highest BCUT2D eigenvalue weighted by Gasteiger charge is 2.14. The van der Waals surface area contributed by atoms with Crippen LogP contribution in [0.4, 0.5) is 0 Å². The van der Waals surface area contributed by atoms with Gasteiger partial charge in [0.05, 0.1) is 12.5 Å². The number of aromatic nitrogens is 2. The van der Waals surface area contributed by atoms with Crippen molar-refractivity contribution < 1.29 is 9.21 Å². The van der Waals surface area contributed by atoms with Gasteiger partial charge in [-0.15, -0.1) is 10.2 Å². The number of carbonyl (C=O) groups excluding carboxylic acids is 1. The molecule has 1 amide bonds. The van der Waals surface area contributed by atoms with E-state index in [2.05, 4.69) is 10.2 Å². The zero-order valence-corrected chi connectivity index (χ0v) is 14.6. The molecule has 26 heavy (non-hydrogen) atoms. The van der Waals surface area contributed by atoms with Gasteiger partial charge in [0, 0.05) is 30.3 Å². The van der Waals surface area contributed by atoms with Gasteiger partial charge in [0.15, 0.2) is 0 Å². The Bertz CT molecular complexity index is 954. The van der Waals surface area contributed by atoms with E-state index in [-0.39, 0.29) is 5.91 Å². The van der Waals surface area contributed by atoms with E-state index in [1.807, 2.05) is 37.3 Å². The molecule has 1 aromatic heterocycles. The van der Waals surface area contributed by atoms with Crippen molar-refractivity contribution in [1.29, 1.82) is 5.26 Å². The Morgan fingerprint density at radius 2 is 1.81 bits per heavy atom. The van der Waals surface area contributed by atoms with E-state index in [4.69, 9.17) is 9.68 Å². The summed E-state index contributed by atoms with van der Waals surface area (Å²) < 4.78 is 5.76. The molecule has 1 heterocycles. The van der Waals surface area contributed by atoms with Gasteiger partial charge in [-0.2, -0.15) is 5.26 Å². The number of benzene rings is 2. The number of nitrogens with zero attached hydrogens (tertiary/aromatic N) is 4. The fourth-order valence-electron chi connectivity index (χ4n) is 2.53. The normalized spacial score (nSPS) is 10.3. The van der Waals surface area contributed by atoms with Gasteiger partial charge in [0.25, 0.3) is 5.91 Å². The average Bonchev–Trinajstić information content (AvgIpc) is 3.16. The Morgan fingerprint density at radius 1 is 1.12 bits per heavy atom. The molecule has 0 bridgehead atoms. The van der Waals surface area contributed by atoms with Crippen molar-refractivity contribution in [3.63, 3.8) is 0 Å². The number of rotatable bonds is 5. The number of nitriles is 1. The first kappa shape index (κ1) is 17.4. The highest BCUT2D eigenvalue weighted by Crippen LogP contribution is 2.24. The van der Waals surface area contributed by atoms with Crippen molar-refractivity contribution in [2.45, 2.75) is 13.3 Å². The largest absolute Gasteiger partial charge is 0.416 e. The Morgan fingerprint density at radius 3 is 2.46 bits per heavy atom. The van der Waals surface area contributed by atoms with Gasteiger partial charge in [0.2, 0.25) is 11.8 Å². The molecule has 0 aliphatic heterocycles. The first-order valence-electron chi connectivity index (χ1n) is 8.22. The average molecular weight is 346 g/mol. The molecule has 0 radical (unpaired) electrons. The maximum Gasteiger partial charge on any atom is 0.253 e. The van der Waals surface area contributed by atoms with Gasteiger partial charge in [-0.1, -0.05) is 17.7 Å². The first-order chi connectivity index (χ1) is 12.6. The molecule has 0 N–H and O–H groups in total. The van der Waals surface area contributed by atoms with E-state index in [0.29, 0.717) is 30.3 Å². The second-order valence-corrected chi connectivity index (χ2v) is 5.99. The molecule has 0 spiro atoms. The summed E-state index contributed by atoms with van der Waals surface area (Å²) in [6.45, 7) is 2.41. The first-order valence-corrected chi connectivity index (χ1v) is 8.22. The van der Waals surface area contributed by atoms with Gasteiger partial charge in [-0.25, -0.2) is 0 Å². The minimum Gasteiger partial charge on any atom is -0.416 e. The van der Waals surface area contributed by atoms with Crippen molar-refractivity contribution in [2.75, 3.05) is 13.6 Å². The SMILES string of the molecule is Cc1cccc(-c2nnc(-c3ccc(C(=O)N(C)CCC#N)cc3)o2)c1. The van der Waals surface area contributed by atoms with Crippen LogP contribution in [0.2, 0.25) is 0 Å². The van der Waals surface area contributed by atoms with Crippen molar-refractivity contribution in [2.24, 2.45) is 0 Å². The van der Waals surface area contributed by atoms with E-state index in [1.54, 1.807) is 31.3 Å². The Labute approximate surface area is 151 Å². The van der Waals surface area contributed by atoms with Crippen LogP contribution in [0.25, 0.3) is 22.9 Å². The van der Waals surface area contributed by atoms with E-state index in [1.165, 1.54) is 4.90 Å². The van der Waals surface area contributed by atoms with Gasteiger partial charge in [-0.3, -0.25) is 4.79 Å². The molecule has 0 aliphatic rings. The predicted molar refractivity (Wildman–Crippen MR) is 97.1 cm³/mol. The summed E-state index contributed by atoms with van der Waals surface area (Å²) in [6, 6.07) is 16.9. The minimum absolute atomic E-state index is 0.127. The molecule has 3 aromatic rings. The molecule has 0 aliphatic carbocycles. The molecule has 6 heteroatoms. The summed E-state index contributed by atoms with van der Waals surface area (Å²) in [5.41, 5.74) is 3.28. The number of carbonyl (C=O) groups is 1. The molecule has 0 saturated carbocycles. The fourth-order valence-corrected chi connectivity index (χ4v) is 2.53. The van der Waals surface area contributed by atoms with Crippen LogP contribution in [0.3, 0.4) is 0 Å². The van der Waals surface area contributed by atoms with E-state index in [0.717, 1.165) is 16.7 Å². The molecule has 0 unspecified atom stereocenters. The molecule has 0 atom stereocenters. The van der Waals surface area contributed by atoms with Crippen molar-refractivity contribution >= 4 is 5.91 Å². The van der Waals surface area contributed by atoms with Crippen molar-refractivity contribution in [1.82, 2.24) is 15.1 Å². The lowest BCUT2D eigenvalue weighted by atomic mass is 10.1. The summed E-state index contributed by atoms with van der Waals surface area (Å²) in [4.78, 5) is 13.8. The standard InChI is InChI=1S/C20H18N4O2/c1-14-5-3-6-17(13-14)19-23-22-18(26-19)15-7-9-16(10-8-15)20(25)24(2)12-4-11-21/h3,5-10,13H,4,12H2,1-2H3. The van der Waals surface area contributed by atoms with Gasteiger partial charge >= 0.3 is 0 Å². The third kappa shape index (κ3) is 3.78. The fraction of sp³-hybridized carbons (Fsp3) is 0.200. The van der Waals surface area contributed by atoms with Crippen LogP contribution in [-0.4, -0.2) is 34.6 Å². The zero-order chi connectivity index (χ0) is 18.5. The quantitative estimate of drug-likeness (QED) is 0.703. The maximum atomic E-state index is 12.3. The maximum absolute atomic E-state index is 12.3. The van der Waals surface area contributed by atoms with Crippen LogP contribution >= 0.6 is 0 Å². The van der Waals surface area contributed by atoms with Crippen LogP contribution < -0.4 is 0 Å². The molecule has 2 aromatic carbocycles. The van der Waals surface area contributed by atoms with Crippen LogP contribution in [0.15, 0.2) is 52.9 Å². The van der Waals surface area contributed by atoms with Crippen molar-refractivity contribution in [3.8, 4) is 29.0 Å². The van der Waals surface area contributed by atoms with Gasteiger partial charge in [0.1, 0.15) is 0 Å². The third-order valence-electron chi connectivity index (χ3n) is 3.97. The second-order valence-electron chi connectivity index (χ2n) is 5.99. The highest BCUT2D eigenvalue weighted by atomic mass is 16.4. The number of aryl methyl sites for hydroxylation is 1. The zero-order valence-electron chi connectivity index (χ0n) is 14.6. The minimum atomic E-state index is -0.127. The van der Waals surface area contributed by atoms with E-state index >= 15 is 0 Å². The smallest absolute Gasteiger partial charge is 0.253 e. The summed E-state index contributed by atoms with van der Waals surface area (Å²) >= 11 is 0. The van der Waals surface area contributed by atoms with Crippen LogP contribution in [0.5, 0.6) is 0 Å². The summed E-state index contributed by atoms with van der Waals surface area (Å²) in [5, 5.41) is 16.8. The lowest BCUT2D eigenvalue weighted by Crippen LogP contribution is -2.27. The van der Waals surface area contributed by atoms with E-state index < -0.39 is 0 Å². The summed E-state index contributed by atoms with van der Waals surface area (Å²) in [5.74, 6) is 0.733. The van der Waals surface area contributed by atoms with E-state index in [9.17, 15) is 4.79 Å². The lowest BCUT2D eigenvalue weighted by molar-refractivity contribution is 0.0798. The van der Waals surface area contributed by atoms with Crippen LogP contribution in [-0.2, 0) is 0 Å². The molecule has 6 nitrogen and oxygen atoms in total. The molecule has 0 fully saturated rings. The molecular formula is C20H18N4O2. The number of hydrogen-bond donors (Lipinski definition) is 0. The predicted octanol–water partition coefficient (Wildman–Crippen LogP) is 3.70. The molecule has 130 valence electrons. The third-order valence-corrected chi connectivity index (χ3v) is 3.97.